The highest BCUT2D eigenvalue weighted by Gasteiger charge is 2.15. The number of rotatable bonds is 4. The molecule has 3 aromatic carbocycles. The minimum atomic E-state index is -0.172. The summed E-state index contributed by atoms with van der Waals surface area (Å²) in [5.41, 5.74) is 4.34. The van der Waals surface area contributed by atoms with Gasteiger partial charge in [0, 0.05) is 10.0 Å². The van der Waals surface area contributed by atoms with E-state index in [1.54, 1.807) is 6.21 Å². The molecule has 0 spiro atoms. The molecule has 4 rings (SSSR count). The maximum absolute atomic E-state index is 12.2. The third-order valence-electron chi connectivity index (χ3n) is 4.12. The highest BCUT2D eigenvalue weighted by Crippen LogP contribution is 2.36. The number of hydrogen-bond donors (Lipinski definition) is 1. The van der Waals surface area contributed by atoms with Crippen LogP contribution in [0.25, 0.3) is 10.8 Å². The summed E-state index contributed by atoms with van der Waals surface area (Å²) in [7, 11) is 0. The molecule has 0 radical (unpaired) electrons. The average Bonchev–Trinajstić information content (AvgIpc) is 3.09. The molecule has 3 aromatic rings. The Balaban J connectivity index is 1.45. The highest BCUT2D eigenvalue weighted by molar-refractivity contribution is 9.10. The van der Waals surface area contributed by atoms with Crippen molar-refractivity contribution in [1.82, 2.24) is 5.43 Å². The Morgan fingerprint density at radius 2 is 1.88 bits per heavy atom. The van der Waals surface area contributed by atoms with Gasteiger partial charge in [-0.3, -0.25) is 4.79 Å². The predicted molar refractivity (Wildman–Crippen MR) is 104 cm³/mol. The van der Waals surface area contributed by atoms with Crippen molar-refractivity contribution in [1.29, 1.82) is 0 Å². The van der Waals surface area contributed by atoms with E-state index in [1.165, 1.54) is 0 Å². The van der Waals surface area contributed by atoms with Crippen LogP contribution in [0.2, 0.25) is 0 Å². The van der Waals surface area contributed by atoms with Crippen LogP contribution in [0.1, 0.15) is 11.1 Å². The monoisotopic (exact) mass is 410 g/mol. The van der Waals surface area contributed by atoms with Crippen LogP contribution in [0, 0.1) is 0 Å². The summed E-state index contributed by atoms with van der Waals surface area (Å²) in [4.78, 5) is 12.2. The van der Waals surface area contributed by atoms with Crippen molar-refractivity contribution < 1.29 is 14.3 Å². The summed E-state index contributed by atoms with van der Waals surface area (Å²) >= 11 is 3.46. The molecule has 1 N–H and O–H groups in total. The number of carbonyl (C=O) groups excluding carboxylic acids is 1. The van der Waals surface area contributed by atoms with Crippen LogP contribution in [0.15, 0.2) is 64.2 Å². The highest BCUT2D eigenvalue weighted by atomic mass is 79.9. The summed E-state index contributed by atoms with van der Waals surface area (Å²) in [5, 5.41) is 6.25. The molecule has 0 atom stereocenters. The molecular formula is C20H15BrN2O3. The number of ether oxygens (including phenoxy) is 2. The van der Waals surface area contributed by atoms with E-state index in [9.17, 15) is 4.79 Å². The quantitative estimate of drug-likeness (QED) is 0.521. The Morgan fingerprint density at radius 1 is 1.12 bits per heavy atom. The number of amides is 1. The second-order valence-electron chi connectivity index (χ2n) is 5.84. The maximum atomic E-state index is 12.2. The van der Waals surface area contributed by atoms with Gasteiger partial charge >= 0.3 is 0 Å². The Labute approximate surface area is 158 Å². The lowest BCUT2D eigenvalue weighted by Gasteiger charge is -2.06. The van der Waals surface area contributed by atoms with Gasteiger partial charge in [-0.15, -0.1) is 0 Å². The van der Waals surface area contributed by atoms with E-state index < -0.39 is 0 Å². The fourth-order valence-corrected chi connectivity index (χ4v) is 3.29. The minimum Gasteiger partial charge on any atom is -0.454 e. The third-order valence-corrected chi connectivity index (χ3v) is 4.80. The van der Waals surface area contributed by atoms with Gasteiger partial charge in [0.15, 0.2) is 11.5 Å². The standard InChI is InChI=1S/C20H15BrN2O3/c21-17-10-19-18(25-12-26-19)8-15(17)11-22-23-20(24)9-14-6-3-5-13-4-1-2-7-16(13)14/h1-8,10-11H,9,12H2,(H,23,24). The average molecular weight is 411 g/mol. The number of hydrogen-bond acceptors (Lipinski definition) is 4. The van der Waals surface area contributed by atoms with Crippen molar-refractivity contribution in [3.05, 3.63) is 70.2 Å². The topological polar surface area (TPSA) is 59.9 Å². The van der Waals surface area contributed by atoms with E-state index in [0.717, 1.165) is 26.4 Å². The Morgan fingerprint density at radius 3 is 2.77 bits per heavy atom. The Kier molecular flexibility index (Phi) is 4.58. The Hall–Kier alpha value is -2.86. The number of nitrogens with one attached hydrogen (secondary N) is 1. The number of carbonyl (C=O) groups is 1. The van der Waals surface area contributed by atoms with Crippen molar-refractivity contribution >= 4 is 38.8 Å². The molecule has 26 heavy (non-hydrogen) atoms. The van der Waals surface area contributed by atoms with Crippen molar-refractivity contribution in [2.75, 3.05) is 6.79 Å². The zero-order chi connectivity index (χ0) is 17.9. The van der Waals surface area contributed by atoms with Crippen LogP contribution in [-0.4, -0.2) is 18.9 Å². The van der Waals surface area contributed by atoms with Gasteiger partial charge in [-0.25, -0.2) is 5.43 Å². The number of hydrazone groups is 1. The molecule has 1 aliphatic rings. The predicted octanol–water partition coefficient (Wildman–Crippen LogP) is 4.02. The van der Waals surface area contributed by atoms with Gasteiger partial charge in [-0.2, -0.15) is 5.10 Å². The van der Waals surface area contributed by atoms with Crippen LogP contribution >= 0.6 is 15.9 Å². The minimum absolute atomic E-state index is 0.172. The molecule has 0 fully saturated rings. The molecule has 130 valence electrons. The second kappa shape index (κ2) is 7.17. The smallest absolute Gasteiger partial charge is 0.244 e. The number of benzene rings is 3. The van der Waals surface area contributed by atoms with E-state index >= 15 is 0 Å². The second-order valence-corrected chi connectivity index (χ2v) is 6.69. The van der Waals surface area contributed by atoms with E-state index in [1.807, 2.05) is 54.6 Å². The summed E-state index contributed by atoms with van der Waals surface area (Å²) in [6.45, 7) is 0.212. The van der Waals surface area contributed by atoms with Crippen LogP contribution in [0.3, 0.4) is 0 Å². The first-order valence-electron chi connectivity index (χ1n) is 8.08. The van der Waals surface area contributed by atoms with Gasteiger partial charge < -0.3 is 9.47 Å². The molecule has 0 saturated heterocycles. The van der Waals surface area contributed by atoms with Crippen LogP contribution < -0.4 is 14.9 Å². The summed E-state index contributed by atoms with van der Waals surface area (Å²) < 4.78 is 11.5. The first kappa shape index (κ1) is 16.6. The molecule has 1 amide bonds. The first-order valence-corrected chi connectivity index (χ1v) is 8.88. The van der Waals surface area contributed by atoms with E-state index in [-0.39, 0.29) is 19.1 Å². The maximum Gasteiger partial charge on any atom is 0.244 e. The zero-order valence-corrected chi connectivity index (χ0v) is 15.3. The third kappa shape index (κ3) is 3.41. The van der Waals surface area contributed by atoms with Crippen LogP contribution in [0.4, 0.5) is 0 Å². The molecule has 0 aliphatic carbocycles. The molecule has 0 bridgehead atoms. The van der Waals surface area contributed by atoms with Gasteiger partial charge in [-0.05, 0) is 44.4 Å². The normalized spacial score (nSPS) is 12.7. The largest absolute Gasteiger partial charge is 0.454 e. The van der Waals surface area contributed by atoms with Gasteiger partial charge in [0.25, 0.3) is 0 Å². The van der Waals surface area contributed by atoms with Gasteiger partial charge in [0.2, 0.25) is 12.7 Å². The molecule has 0 aromatic heterocycles. The van der Waals surface area contributed by atoms with Gasteiger partial charge in [0.05, 0.1) is 12.6 Å². The van der Waals surface area contributed by atoms with Gasteiger partial charge in [0.1, 0.15) is 0 Å². The number of fused-ring (bicyclic) bond motifs is 2. The molecule has 0 unspecified atom stereocenters. The zero-order valence-electron chi connectivity index (χ0n) is 13.7. The molecular weight excluding hydrogens is 396 g/mol. The lowest BCUT2D eigenvalue weighted by atomic mass is 10.0. The summed E-state index contributed by atoms with van der Waals surface area (Å²) in [5.74, 6) is 1.18. The van der Waals surface area contributed by atoms with Gasteiger partial charge in [-0.1, -0.05) is 42.5 Å². The lowest BCUT2D eigenvalue weighted by Crippen LogP contribution is -2.19. The first-order chi connectivity index (χ1) is 12.7. The fourth-order valence-electron chi connectivity index (χ4n) is 2.86. The molecule has 5 nitrogen and oxygen atoms in total. The van der Waals surface area contributed by atoms with Crippen molar-refractivity contribution in [2.24, 2.45) is 5.10 Å². The number of halogens is 1. The van der Waals surface area contributed by atoms with E-state index in [2.05, 4.69) is 26.5 Å². The fraction of sp³-hybridized carbons (Fsp3) is 0.100. The molecule has 1 aliphatic heterocycles. The molecule has 1 heterocycles. The van der Waals surface area contributed by atoms with Crippen molar-refractivity contribution in [2.45, 2.75) is 6.42 Å². The SMILES string of the molecule is O=C(Cc1cccc2ccccc12)NN=Cc1cc2c(cc1Br)OCO2. The van der Waals surface area contributed by atoms with E-state index in [4.69, 9.17) is 9.47 Å². The van der Waals surface area contributed by atoms with E-state index in [0.29, 0.717) is 11.5 Å². The van der Waals surface area contributed by atoms with Crippen molar-refractivity contribution in [3.8, 4) is 11.5 Å². The lowest BCUT2D eigenvalue weighted by molar-refractivity contribution is -0.120. The number of nitrogens with zero attached hydrogens (tertiary/aromatic N) is 1. The molecule has 0 saturated carbocycles. The van der Waals surface area contributed by atoms with Crippen LogP contribution in [-0.2, 0) is 11.2 Å². The Bertz CT molecular complexity index is 1010. The van der Waals surface area contributed by atoms with Crippen LogP contribution in [0.5, 0.6) is 11.5 Å². The molecule has 6 heteroatoms. The summed E-state index contributed by atoms with van der Waals surface area (Å²) in [6, 6.07) is 17.6. The van der Waals surface area contributed by atoms with Crippen molar-refractivity contribution in [3.63, 3.8) is 0 Å². The summed E-state index contributed by atoms with van der Waals surface area (Å²) in [6.07, 6.45) is 1.84.